The van der Waals surface area contributed by atoms with Crippen LogP contribution in [-0.2, 0) is 4.79 Å². The van der Waals surface area contributed by atoms with Crippen molar-refractivity contribution in [3.63, 3.8) is 0 Å². The number of amides is 1. The second-order valence-corrected chi connectivity index (χ2v) is 6.16. The molecule has 18 heavy (non-hydrogen) atoms. The molecule has 4 heteroatoms. The number of nitrogens with zero attached hydrogens (tertiary/aromatic N) is 1. The SMILES string of the molecule is CC(CNC(=O)C1(CN)CCC1)CN1CCCC1. The third-order valence-electron chi connectivity index (χ3n) is 4.56. The van der Waals surface area contributed by atoms with Crippen LogP contribution in [0.4, 0.5) is 0 Å². The molecule has 0 aromatic carbocycles. The first-order chi connectivity index (χ1) is 8.66. The lowest BCUT2D eigenvalue weighted by Crippen LogP contribution is -2.51. The molecule has 0 radical (unpaired) electrons. The van der Waals surface area contributed by atoms with Crippen molar-refractivity contribution in [3.8, 4) is 0 Å². The van der Waals surface area contributed by atoms with E-state index in [4.69, 9.17) is 5.73 Å². The third-order valence-corrected chi connectivity index (χ3v) is 4.56. The predicted molar refractivity (Wildman–Crippen MR) is 73.2 cm³/mol. The summed E-state index contributed by atoms with van der Waals surface area (Å²) in [6.45, 7) is 7.07. The van der Waals surface area contributed by atoms with Crippen LogP contribution in [-0.4, -0.2) is 43.5 Å². The first-order valence-corrected chi connectivity index (χ1v) is 7.37. The minimum atomic E-state index is -0.229. The first-order valence-electron chi connectivity index (χ1n) is 7.37. The van der Waals surface area contributed by atoms with Crippen LogP contribution in [0.5, 0.6) is 0 Å². The van der Waals surface area contributed by atoms with Crippen LogP contribution in [0.1, 0.15) is 39.0 Å². The fraction of sp³-hybridized carbons (Fsp3) is 0.929. The van der Waals surface area contributed by atoms with Crippen molar-refractivity contribution in [2.75, 3.05) is 32.7 Å². The van der Waals surface area contributed by atoms with Gasteiger partial charge in [-0.2, -0.15) is 0 Å². The van der Waals surface area contributed by atoms with Gasteiger partial charge in [-0.1, -0.05) is 13.3 Å². The van der Waals surface area contributed by atoms with Gasteiger partial charge in [-0.05, 0) is 44.7 Å². The molecule has 0 bridgehead atoms. The first kappa shape index (κ1) is 13.8. The van der Waals surface area contributed by atoms with Crippen molar-refractivity contribution in [2.24, 2.45) is 17.1 Å². The summed E-state index contributed by atoms with van der Waals surface area (Å²) in [5.74, 6) is 0.714. The van der Waals surface area contributed by atoms with Crippen LogP contribution in [0, 0.1) is 11.3 Å². The number of hydrogen-bond donors (Lipinski definition) is 2. The molecule has 1 saturated carbocycles. The fourth-order valence-corrected chi connectivity index (χ4v) is 3.05. The molecule has 1 amide bonds. The van der Waals surface area contributed by atoms with E-state index in [9.17, 15) is 4.79 Å². The monoisotopic (exact) mass is 253 g/mol. The Hall–Kier alpha value is -0.610. The second-order valence-electron chi connectivity index (χ2n) is 6.16. The van der Waals surface area contributed by atoms with E-state index in [1.54, 1.807) is 0 Å². The van der Waals surface area contributed by atoms with Crippen LogP contribution in [0.15, 0.2) is 0 Å². The van der Waals surface area contributed by atoms with Gasteiger partial charge in [0.15, 0.2) is 0 Å². The zero-order chi connectivity index (χ0) is 13.0. The Kier molecular flexibility index (Phi) is 4.62. The molecule has 2 fully saturated rings. The molecule has 1 atom stereocenters. The average Bonchev–Trinajstić information content (AvgIpc) is 2.78. The molecule has 1 heterocycles. The van der Waals surface area contributed by atoms with Crippen molar-refractivity contribution in [1.29, 1.82) is 0 Å². The maximum Gasteiger partial charge on any atom is 0.227 e. The fourth-order valence-electron chi connectivity index (χ4n) is 3.05. The summed E-state index contributed by atoms with van der Waals surface area (Å²) in [4.78, 5) is 14.6. The number of carbonyl (C=O) groups is 1. The minimum absolute atomic E-state index is 0.185. The smallest absolute Gasteiger partial charge is 0.227 e. The van der Waals surface area contributed by atoms with Crippen LogP contribution < -0.4 is 11.1 Å². The van der Waals surface area contributed by atoms with E-state index in [-0.39, 0.29) is 11.3 Å². The zero-order valence-corrected chi connectivity index (χ0v) is 11.6. The van der Waals surface area contributed by atoms with Gasteiger partial charge in [0.2, 0.25) is 5.91 Å². The van der Waals surface area contributed by atoms with E-state index in [1.165, 1.54) is 25.9 Å². The summed E-state index contributed by atoms with van der Waals surface area (Å²) < 4.78 is 0. The summed E-state index contributed by atoms with van der Waals surface area (Å²) in [6.07, 6.45) is 5.74. The van der Waals surface area contributed by atoms with Crippen LogP contribution in [0.2, 0.25) is 0 Å². The van der Waals surface area contributed by atoms with Crippen molar-refractivity contribution in [1.82, 2.24) is 10.2 Å². The number of likely N-dealkylation sites (tertiary alicyclic amines) is 1. The standard InChI is InChI=1S/C14H27N3O/c1-12(10-17-7-2-3-8-17)9-16-13(18)14(11-15)5-4-6-14/h12H,2-11,15H2,1H3,(H,16,18). The van der Waals surface area contributed by atoms with E-state index in [0.717, 1.165) is 32.4 Å². The average molecular weight is 253 g/mol. The summed E-state index contributed by atoms with van der Waals surface area (Å²) in [7, 11) is 0. The Bertz CT molecular complexity index is 277. The van der Waals surface area contributed by atoms with E-state index in [2.05, 4.69) is 17.1 Å². The van der Waals surface area contributed by atoms with Crippen molar-refractivity contribution in [3.05, 3.63) is 0 Å². The van der Waals surface area contributed by atoms with Crippen molar-refractivity contribution >= 4 is 5.91 Å². The second kappa shape index (κ2) is 6.02. The highest BCUT2D eigenvalue weighted by Crippen LogP contribution is 2.39. The molecule has 1 unspecified atom stereocenters. The van der Waals surface area contributed by atoms with Crippen molar-refractivity contribution < 1.29 is 4.79 Å². The highest BCUT2D eigenvalue weighted by molar-refractivity contribution is 5.83. The van der Waals surface area contributed by atoms with E-state index in [1.807, 2.05) is 0 Å². The van der Waals surface area contributed by atoms with Crippen molar-refractivity contribution in [2.45, 2.75) is 39.0 Å². The highest BCUT2D eigenvalue weighted by Gasteiger charge is 2.42. The molecule has 2 rings (SSSR count). The molecule has 104 valence electrons. The van der Waals surface area contributed by atoms with Crippen LogP contribution >= 0.6 is 0 Å². The minimum Gasteiger partial charge on any atom is -0.355 e. The topological polar surface area (TPSA) is 58.4 Å². The number of carbonyl (C=O) groups excluding carboxylic acids is 1. The zero-order valence-electron chi connectivity index (χ0n) is 11.6. The third kappa shape index (κ3) is 3.04. The molecule has 1 aliphatic heterocycles. The Morgan fingerprint density at radius 3 is 2.50 bits per heavy atom. The van der Waals surface area contributed by atoms with Gasteiger partial charge in [-0.25, -0.2) is 0 Å². The summed E-state index contributed by atoms with van der Waals surface area (Å²) in [6, 6.07) is 0. The van der Waals surface area contributed by atoms with Crippen LogP contribution in [0.25, 0.3) is 0 Å². The Morgan fingerprint density at radius 1 is 1.33 bits per heavy atom. The molecule has 1 saturated heterocycles. The van der Waals surface area contributed by atoms with Gasteiger partial charge in [0.1, 0.15) is 0 Å². The van der Waals surface area contributed by atoms with Gasteiger partial charge >= 0.3 is 0 Å². The Balaban J connectivity index is 1.68. The Morgan fingerprint density at radius 2 is 2.00 bits per heavy atom. The van der Waals surface area contributed by atoms with Gasteiger partial charge in [0.05, 0.1) is 5.41 Å². The van der Waals surface area contributed by atoms with Gasteiger partial charge in [0, 0.05) is 19.6 Å². The summed E-state index contributed by atoms with van der Waals surface area (Å²) in [5.41, 5.74) is 5.51. The molecular weight excluding hydrogens is 226 g/mol. The molecule has 0 spiro atoms. The molecular formula is C14H27N3O. The number of nitrogens with two attached hydrogens (primary N) is 1. The summed E-state index contributed by atoms with van der Waals surface area (Å²) >= 11 is 0. The van der Waals surface area contributed by atoms with E-state index < -0.39 is 0 Å². The van der Waals surface area contributed by atoms with Gasteiger partial charge in [-0.3, -0.25) is 4.79 Å². The largest absolute Gasteiger partial charge is 0.355 e. The van der Waals surface area contributed by atoms with Gasteiger partial charge in [0.25, 0.3) is 0 Å². The predicted octanol–water partition coefficient (Wildman–Crippen LogP) is 0.964. The maximum absolute atomic E-state index is 12.1. The molecule has 0 aromatic heterocycles. The van der Waals surface area contributed by atoms with Gasteiger partial charge in [-0.15, -0.1) is 0 Å². The lowest BCUT2D eigenvalue weighted by atomic mass is 9.68. The van der Waals surface area contributed by atoms with Crippen LogP contribution in [0.3, 0.4) is 0 Å². The normalized spacial score (nSPS) is 24.6. The quantitative estimate of drug-likeness (QED) is 0.741. The van der Waals surface area contributed by atoms with E-state index >= 15 is 0 Å². The van der Waals surface area contributed by atoms with Gasteiger partial charge < -0.3 is 16.0 Å². The molecule has 3 N–H and O–H groups in total. The number of rotatable bonds is 6. The molecule has 0 aromatic rings. The highest BCUT2D eigenvalue weighted by atomic mass is 16.2. The molecule has 4 nitrogen and oxygen atoms in total. The lowest BCUT2D eigenvalue weighted by Gasteiger charge is -2.39. The Labute approximate surface area is 110 Å². The van der Waals surface area contributed by atoms with E-state index in [0.29, 0.717) is 12.5 Å². The number of hydrogen-bond acceptors (Lipinski definition) is 3. The summed E-state index contributed by atoms with van der Waals surface area (Å²) in [5, 5.41) is 3.10. The maximum atomic E-state index is 12.1. The molecule has 2 aliphatic rings. The lowest BCUT2D eigenvalue weighted by molar-refractivity contribution is -0.135. The number of nitrogens with one attached hydrogen (secondary N) is 1. The molecule has 1 aliphatic carbocycles.